The molecular weight excluding hydrogens is 368 g/mol. The number of rotatable bonds is 4. The lowest BCUT2D eigenvalue weighted by Gasteiger charge is -2.08. The summed E-state index contributed by atoms with van der Waals surface area (Å²) in [5, 5.41) is 15.9. The van der Waals surface area contributed by atoms with Crippen molar-refractivity contribution in [1.29, 1.82) is 0 Å². The van der Waals surface area contributed by atoms with Crippen molar-refractivity contribution in [3.05, 3.63) is 71.3 Å². The van der Waals surface area contributed by atoms with E-state index in [-0.39, 0.29) is 5.75 Å². The van der Waals surface area contributed by atoms with Crippen molar-refractivity contribution in [2.75, 3.05) is 12.5 Å². The average molecular weight is 388 g/mol. The number of phenols is 1. The molecule has 4 rings (SSSR count). The highest BCUT2D eigenvalue weighted by molar-refractivity contribution is 5.78. The van der Waals surface area contributed by atoms with Crippen molar-refractivity contribution >= 4 is 16.9 Å². The van der Waals surface area contributed by atoms with Crippen molar-refractivity contribution in [3.8, 4) is 22.8 Å². The second-order valence-electron chi connectivity index (χ2n) is 6.58. The van der Waals surface area contributed by atoms with Crippen molar-refractivity contribution < 1.29 is 14.3 Å². The van der Waals surface area contributed by atoms with Gasteiger partial charge in [0.25, 0.3) is 0 Å². The number of anilines is 1. The van der Waals surface area contributed by atoms with Gasteiger partial charge in [-0.2, -0.15) is 5.10 Å². The van der Waals surface area contributed by atoms with Gasteiger partial charge in [0.1, 0.15) is 11.3 Å². The molecule has 2 heterocycles. The smallest absolute Gasteiger partial charge is 0.243 e. The third-order valence-corrected chi connectivity index (χ3v) is 4.37. The molecule has 7 heteroatoms. The molecule has 0 saturated carbocycles. The third-order valence-electron chi connectivity index (χ3n) is 4.37. The SMILES string of the molecule is COc1cc(-c2c/c(=N\Nc3nc(C)cc(C)n3)c3ccccc3o2)ccc1O. The van der Waals surface area contributed by atoms with Crippen LogP contribution in [-0.2, 0) is 0 Å². The van der Waals surface area contributed by atoms with Crippen molar-refractivity contribution in [2.24, 2.45) is 5.10 Å². The van der Waals surface area contributed by atoms with Gasteiger partial charge in [0.15, 0.2) is 11.5 Å². The maximum Gasteiger partial charge on any atom is 0.243 e. The highest BCUT2D eigenvalue weighted by Gasteiger charge is 2.09. The van der Waals surface area contributed by atoms with E-state index in [2.05, 4.69) is 20.5 Å². The minimum Gasteiger partial charge on any atom is -0.504 e. The standard InChI is InChI=1S/C22H20N4O3/c1-13-10-14(2)24-22(23-13)26-25-17-12-20(29-19-7-5-4-6-16(17)19)15-8-9-18(27)21(11-15)28-3/h4-12,27H,1-3H3,(H,23,24,26)/b25-17+. The summed E-state index contributed by atoms with van der Waals surface area (Å²) < 4.78 is 11.3. The summed E-state index contributed by atoms with van der Waals surface area (Å²) in [4.78, 5) is 8.72. The molecule has 0 aliphatic carbocycles. The highest BCUT2D eigenvalue weighted by atomic mass is 16.5. The van der Waals surface area contributed by atoms with Gasteiger partial charge in [-0.05, 0) is 50.2 Å². The normalized spacial score (nSPS) is 11.6. The van der Waals surface area contributed by atoms with Gasteiger partial charge in [-0.25, -0.2) is 15.4 Å². The number of aromatic hydroxyl groups is 1. The topological polar surface area (TPSA) is 92.8 Å². The molecule has 0 saturated heterocycles. The van der Waals surface area contributed by atoms with Gasteiger partial charge in [0, 0.05) is 28.4 Å². The van der Waals surface area contributed by atoms with E-state index < -0.39 is 0 Å². The minimum absolute atomic E-state index is 0.0654. The fourth-order valence-electron chi connectivity index (χ4n) is 3.07. The summed E-state index contributed by atoms with van der Waals surface area (Å²) in [5.74, 6) is 1.45. The molecule has 29 heavy (non-hydrogen) atoms. The van der Waals surface area contributed by atoms with Gasteiger partial charge in [0.2, 0.25) is 5.95 Å². The number of para-hydroxylation sites is 1. The highest BCUT2D eigenvalue weighted by Crippen LogP contribution is 2.31. The summed E-state index contributed by atoms with van der Waals surface area (Å²) in [6, 6.07) is 16.4. The first-order valence-electron chi connectivity index (χ1n) is 9.06. The van der Waals surface area contributed by atoms with Crippen molar-refractivity contribution in [1.82, 2.24) is 9.97 Å². The Balaban J connectivity index is 1.85. The van der Waals surface area contributed by atoms with Gasteiger partial charge in [-0.3, -0.25) is 0 Å². The Morgan fingerprint density at radius 1 is 1.00 bits per heavy atom. The molecule has 0 unspecified atom stereocenters. The third kappa shape index (κ3) is 3.89. The molecule has 0 atom stereocenters. The van der Waals surface area contributed by atoms with E-state index in [0.29, 0.717) is 28.4 Å². The van der Waals surface area contributed by atoms with Crippen LogP contribution in [0.1, 0.15) is 11.4 Å². The summed E-state index contributed by atoms with van der Waals surface area (Å²) in [7, 11) is 1.50. The summed E-state index contributed by atoms with van der Waals surface area (Å²) in [6.07, 6.45) is 0. The number of nitrogens with zero attached hydrogens (tertiary/aromatic N) is 3. The van der Waals surface area contributed by atoms with Crippen molar-refractivity contribution in [2.45, 2.75) is 13.8 Å². The molecule has 0 aliphatic rings. The van der Waals surface area contributed by atoms with E-state index in [0.717, 1.165) is 22.3 Å². The van der Waals surface area contributed by atoms with Crippen LogP contribution < -0.4 is 15.5 Å². The van der Waals surface area contributed by atoms with E-state index in [1.54, 1.807) is 18.2 Å². The molecule has 7 nitrogen and oxygen atoms in total. The largest absolute Gasteiger partial charge is 0.504 e. The quantitative estimate of drug-likeness (QED) is 0.510. The zero-order chi connectivity index (χ0) is 20.4. The number of benzene rings is 2. The molecule has 4 aromatic rings. The van der Waals surface area contributed by atoms with E-state index >= 15 is 0 Å². The van der Waals surface area contributed by atoms with E-state index in [9.17, 15) is 5.11 Å². The molecule has 0 spiro atoms. The maximum absolute atomic E-state index is 9.87. The van der Waals surface area contributed by atoms with Gasteiger partial charge in [-0.1, -0.05) is 12.1 Å². The molecule has 0 fully saturated rings. The van der Waals surface area contributed by atoms with Crippen LogP contribution in [0.2, 0.25) is 0 Å². The Bertz CT molecular complexity index is 1240. The number of aryl methyl sites for hydroxylation is 2. The molecule has 2 N–H and O–H groups in total. The fourth-order valence-corrected chi connectivity index (χ4v) is 3.07. The van der Waals surface area contributed by atoms with Gasteiger partial charge >= 0.3 is 0 Å². The first kappa shape index (κ1) is 18.5. The number of ether oxygens (including phenoxy) is 1. The molecule has 146 valence electrons. The van der Waals surface area contributed by atoms with E-state index in [1.165, 1.54) is 7.11 Å². The van der Waals surface area contributed by atoms with Crippen LogP contribution in [0.5, 0.6) is 11.5 Å². The Morgan fingerprint density at radius 3 is 2.52 bits per heavy atom. The lowest BCUT2D eigenvalue weighted by molar-refractivity contribution is 0.373. The number of hydrogen-bond donors (Lipinski definition) is 2. The number of hydrogen-bond acceptors (Lipinski definition) is 7. The van der Waals surface area contributed by atoms with Crippen molar-refractivity contribution in [3.63, 3.8) is 0 Å². The van der Waals surface area contributed by atoms with Crippen LogP contribution in [0.15, 0.2) is 64.1 Å². The minimum atomic E-state index is 0.0654. The number of phenolic OH excluding ortho intramolecular Hbond substituents is 1. The zero-order valence-corrected chi connectivity index (χ0v) is 16.3. The number of fused-ring (bicyclic) bond motifs is 1. The van der Waals surface area contributed by atoms with Crippen LogP contribution in [0.25, 0.3) is 22.3 Å². The Hall–Kier alpha value is -3.87. The van der Waals surface area contributed by atoms with Crippen LogP contribution in [0.3, 0.4) is 0 Å². The van der Waals surface area contributed by atoms with Gasteiger partial charge < -0.3 is 14.3 Å². The molecular formula is C22H20N4O3. The molecule has 0 bridgehead atoms. The summed E-state index contributed by atoms with van der Waals surface area (Å²) >= 11 is 0. The maximum atomic E-state index is 9.87. The first-order chi connectivity index (χ1) is 14.0. The Kier molecular flexibility index (Phi) is 4.87. The second kappa shape index (κ2) is 7.63. The van der Waals surface area contributed by atoms with Crippen LogP contribution >= 0.6 is 0 Å². The lowest BCUT2D eigenvalue weighted by atomic mass is 10.1. The fraction of sp³-hybridized carbons (Fsp3) is 0.136. The van der Waals surface area contributed by atoms with Gasteiger partial charge in [-0.15, -0.1) is 0 Å². The predicted octanol–water partition coefficient (Wildman–Crippen LogP) is 4.15. The summed E-state index contributed by atoms with van der Waals surface area (Å²) in [6.45, 7) is 3.82. The molecule has 2 aromatic carbocycles. The van der Waals surface area contributed by atoms with Crippen LogP contribution in [0, 0.1) is 13.8 Å². The molecule has 0 amide bonds. The average Bonchev–Trinajstić information content (AvgIpc) is 2.71. The van der Waals surface area contributed by atoms with E-state index in [4.69, 9.17) is 9.15 Å². The number of aromatic nitrogens is 2. The van der Waals surface area contributed by atoms with Crippen LogP contribution in [-0.4, -0.2) is 22.2 Å². The van der Waals surface area contributed by atoms with Gasteiger partial charge in [0.05, 0.1) is 12.5 Å². The van der Waals surface area contributed by atoms with E-state index in [1.807, 2.05) is 50.2 Å². The molecule has 0 radical (unpaired) electrons. The Labute approximate surface area is 167 Å². The number of nitrogens with one attached hydrogen (secondary N) is 1. The molecule has 2 aromatic heterocycles. The first-order valence-corrected chi connectivity index (χ1v) is 9.06. The zero-order valence-electron chi connectivity index (χ0n) is 16.3. The monoisotopic (exact) mass is 388 g/mol. The summed E-state index contributed by atoms with van der Waals surface area (Å²) in [5.41, 5.74) is 6.10. The van der Waals surface area contributed by atoms with Crippen LogP contribution in [0.4, 0.5) is 5.95 Å². The number of methoxy groups -OCH3 is 1. The lowest BCUT2D eigenvalue weighted by Crippen LogP contribution is -2.09. The second-order valence-corrected chi connectivity index (χ2v) is 6.58. The Morgan fingerprint density at radius 2 is 1.76 bits per heavy atom. The predicted molar refractivity (Wildman–Crippen MR) is 111 cm³/mol. The molecule has 0 aliphatic heterocycles.